The Morgan fingerprint density at radius 2 is 1.75 bits per heavy atom. The zero-order valence-electron chi connectivity index (χ0n) is 15.1. The summed E-state index contributed by atoms with van der Waals surface area (Å²) in [6.07, 6.45) is 1.55. The van der Waals surface area contributed by atoms with Gasteiger partial charge in [-0.25, -0.2) is 4.39 Å². The van der Waals surface area contributed by atoms with Crippen LogP contribution in [0.25, 0.3) is 11.6 Å². The Kier molecular flexibility index (Phi) is 5.16. The van der Waals surface area contributed by atoms with Crippen molar-refractivity contribution in [3.63, 3.8) is 0 Å². The van der Waals surface area contributed by atoms with E-state index in [1.54, 1.807) is 37.6 Å². The Hall–Kier alpha value is -3.45. The van der Waals surface area contributed by atoms with Crippen LogP contribution in [0.5, 0.6) is 5.75 Å². The molecule has 0 aliphatic rings. The molecular formula is C21H18FN3O3. The van der Waals surface area contributed by atoms with Gasteiger partial charge in [0.05, 0.1) is 26.0 Å². The number of ether oxygens (including phenoxy) is 1. The molecule has 4 rings (SSSR count). The summed E-state index contributed by atoms with van der Waals surface area (Å²) in [5.74, 6) is 1.84. The molecule has 1 N–H and O–H groups in total. The first-order valence-electron chi connectivity index (χ1n) is 8.72. The molecule has 1 unspecified atom stereocenters. The van der Waals surface area contributed by atoms with Crippen molar-refractivity contribution in [3.05, 3.63) is 89.8 Å². The van der Waals surface area contributed by atoms with Gasteiger partial charge in [-0.05, 0) is 47.5 Å². The van der Waals surface area contributed by atoms with Crippen LogP contribution in [0.15, 0.2) is 75.9 Å². The lowest BCUT2D eigenvalue weighted by atomic mass is 9.98. The van der Waals surface area contributed by atoms with Crippen molar-refractivity contribution >= 4 is 0 Å². The maximum absolute atomic E-state index is 13.4. The third-order valence-electron chi connectivity index (χ3n) is 4.32. The highest BCUT2D eigenvalue weighted by atomic mass is 19.1. The summed E-state index contributed by atoms with van der Waals surface area (Å²) < 4.78 is 29.2. The maximum Gasteiger partial charge on any atom is 0.241 e. The van der Waals surface area contributed by atoms with E-state index >= 15 is 0 Å². The second-order valence-corrected chi connectivity index (χ2v) is 6.13. The van der Waals surface area contributed by atoms with E-state index in [2.05, 4.69) is 15.5 Å². The van der Waals surface area contributed by atoms with Crippen LogP contribution in [-0.2, 0) is 6.54 Å². The van der Waals surface area contributed by atoms with Crippen molar-refractivity contribution in [3.8, 4) is 17.3 Å². The molecule has 2 aromatic carbocycles. The molecule has 0 amide bonds. The summed E-state index contributed by atoms with van der Waals surface area (Å²) in [6, 6.07) is 17.4. The first kappa shape index (κ1) is 17.9. The minimum Gasteiger partial charge on any atom is -0.497 e. The molecule has 0 fully saturated rings. The molecule has 0 saturated carbocycles. The number of rotatable bonds is 7. The first-order valence-corrected chi connectivity index (χ1v) is 8.72. The topological polar surface area (TPSA) is 73.3 Å². The van der Waals surface area contributed by atoms with Gasteiger partial charge in [0.25, 0.3) is 0 Å². The molecule has 28 heavy (non-hydrogen) atoms. The Morgan fingerprint density at radius 3 is 2.39 bits per heavy atom. The highest BCUT2D eigenvalue weighted by molar-refractivity contribution is 5.44. The number of hydrogen-bond donors (Lipinski definition) is 1. The lowest BCUT2D eigenvalue weighted by Crippen LogP contribution is -2.22. The summed E-state index contributed by atoms with van der Waals surface area (Å²) in [5.41, 5.74) is 1.91. The quantitative estimate of drug-likeness (QED) is 0.514. The van der Waals surface area contributed by atoms with Gasteiger partial charge in [-0.1, -0.05) is 29.4 Å². The summed E-state index contributed by atoms with van der Waals surface area (Å²) in [6.45, 7) is 0.335. The van der Waals surface area contributed by atoms with E-state index < -0.39 is 0 Å². The summed E-state index contributed by atoms with van der Waals surface area (Å²) in [7, 11) is 1.62. The van der Waals surface area contributed by atoms with Gasteiger partial charge in [-0.15, -0.1) is 0 Å². The Labute approximate surface area is 161 Å². The zero-order chi connectivity index (χ0) is 19.3. The van der Waals surface area contributed by atoms with Gasteiger partial charge < -0.3 is 13.7 Å². The average Bonchev–Trinajstić information content (AvgIpc) is 3.42. The standard InChI is InChI=1S/C21H18FN3O3/c1-26-17-10-6-15(7-11-17)20(14-4-8-16(22)9-5-14)23-13-19-24-21(25-28-19)18-3-2-12-27-18/h2-12,20,23H,13H2,1H3. The van der Waals surface area contributed by atoms with Crippen LogP contribution in [0.3, 0.4) is 0 Å². The van der Waals surface area contributed by atoms with Crippen LogP contribution < -0.4 is 10.1 Å². The van der Waals surface area contributed by atoms with E-state index in [1.807, 2.05) is 24.3 Å². The van der Waals surface area contributed by atoms with Crippen LogP contribution in [0.4, 0.5) is 4.39 Å². The van der Waals surface area contributed by atoms with Gasteiger partial charge in [-0.3, -0.25) is 5.32 Å². The highest BCUT2D eigenvalue weighted by Crippen LogP contribution is 2.25. The third-order valence-corrected chi connectivity index (χ3v) is 4.32. The van der Waals surface area contributed by atoms with Crippen molar-refractivity contribution in [2.24, 2.45) is 0 Å². The van der Waals surface area contributed by atoms with E-state index in [-0.39, 0.29) is 11.9 Å². The van der Waals surface area contributed by atoms with Crippen LogP contribution in [0, 0.1) is 5.82 Å². The largest absolute Gasteiger partial charge is 0.497 e. The van der Waals surface area contributed by atoms with Crippen LogP contribution >= 0.6 is 0 Å². The predicted octanol–water partition coefficient (Wildman–Crippen LogP) is 4.36. The van der Waals surface area contributed by atoms with E-state index in [4.69, 9.17) is 13.7 Å². The molecule has 6 nitrogen and oxygen atoms in total. The van der Waals surface area contributed by atoms with Crippen molar-refractivity contribution in [1.82, 2.24) is 15.5 Å². The second-order valence-electron chi connectivity index (χ2n) is 6.13. The maximum atomic E-state index is 13.4. The summed E-state index contributed by atoms with van der Waals surface area (Å²) in [5, 5.41) is 7.32. The normalized spacial score (nSPS) is 12.1. The van der Waals surface area contributed by atoms with Gasteiger partial charge in [0.1, 0.15) is 11.6 Å². The molecule has 142 valence electrons. The molecule has 0 aliphatic carbocycles. The molecule has 4 aromatic rings. The number of benzene rings is 2. The smallest absolute Gasteiger partial charge is 0.241 e. The van der Waals surface area contributed by atoms with Gasteiger partial charge in [-0.2, -0.15) is 4.98 Å². The number of halogens is 1. The zero-order valence-corrected chi connectivity index (χ0v) is 15.1. The van der Waals surface area contributed by atoms with Gasteiger partial charge in [0.2, 0.25) is 11.7 Å². The van der Waals surface area contributed by atoms with Crippen LogP contribution in [0.1, 0.15) is 23.1 Å². The number of furan rings is 1. The fraction of sp³-hybridized carbons (Fsp3) is 0.143. The second kappa shape index (κ2) is 8.06. The van der Waals surface area contributed by atoms with E-state index in [0.717, 1.165) is 16.9 Å². The van der Waals surface area contributed by atoms with Gasteiger partial charge >= 0.3 is 0 Å². The molecule has 1 atom stereocenters. The Bertz CT molecular complexity index is 1010. The minimum atomic E-state index is -0.280. The fourth-order valence-electron chi connectivity index (χ4n) is 2.90. The van der Waals surface area contributed by atoms with E-state index in [9.17, 15) is 4.39 Å². The average molecular weight is 379 g/mol. The number of nitrogens with zero attached hydrogens (tertiary/aromatic N) is 2. The molecule has 0 bridgehead atoms. The lowest BCUT2D eigenvalue weighted by Gasteiger charge is -2.19. The molecule has 2 heterocycles. The van der Waals surface area contributed by atoms with Crippen LogP contribution in [0.2, 0.25) is 0 Å². The SMILES string of the molecule is COc1ccc(C(NCc2nc(-c3ccco3)no2)c2ccc(F)cc2)cc1. The molecule has 2 aromatic heterocycles. The third kappa shape index (κ3) is 3.94. The number of methoxy groups -OCH3 is 1. The minimum absolute atomic E-state index is 0.189. The number of nitrogens with one attached hydrogen (secondary N) is 1. The molecule has 0 radical (unpaired) electrons. The Balaban J connectivity index is 1.55. The molecule has 7 heteroatoms. The van der Waals surface area contributed by atoms with Crippen molar-refractivity contribution in [2.45, 2.75) is 12.6 Å². The summed E-state index contributed by atoms with van der Waals surface area (Å²) >= 11 is 0. The lowest BCUT2D eigenvalue weighted by molar-refractivity contribution is 0.362. The van der Waals surface area contributed by atoms with Gasteiger partial charge in [0.15, 0.2) is 5.76 Å². The number of aromatic nitrogens is 2. The highest BCUT2D eigenvalue weighted by Gasteiger charge is 2.17. The van der Waals surface area contributed by atoms with Crippen LogP contribution in [-0.4, -0.2) is 17.3 Å². The summed E-state index contributed by atoms with van der Waals surface area (Å²) in [4.78, 5) is 4.34. The van der Waals surface area contributed by atoms with E-state index in [1.165, 1.54) is 12.1 Å². The van der Waals surface area contributed by atoms with E-state index in [0.29, 0.717) is 24.0 Å². The molecule has 0 saturated heterocycles. The van der Waals surface area contributed by atoms with Gasteiger partial charge in [0, 0.05) is 0 Å². The molecule has 0 aliphatic heterocycles. The first-order chi connectivity index (χ1) is 13.7. The Morgan fingerprint density at radius 1 is 1.04 bits per heavy atom. The van der Waals surface area contributed by atoms with Crippen molar-refractivity contribution in [1.29, 1.82) is 0 Å². The van der Waals surface area contributed by atoms with Crippen molar-refractivity contribution < 1.29 is 18.1 Å². The number of hydrogen-bond acceptors (Lipinski definition) is 6. The monoisotopic (exact) mass is 379 g/mol. The predicted molar refractivity (Wildman–Crippen MR) is 100 cm³/mol. The molecular weight excluding hydrogens is 361 g/mol. The molecule has 0 spiro atoms. The fourth-order valence-corrected chi connectivity index (χ4v) is 2.90. The van der Waals surface area contributed by atoms with Crippen molar-refractivity contribution in [2.75, 3.05) is 7.11 Å².